The van der Waals surface area contributed by atoms with Crippen LogP contribution >= 0.6 is 22.9 Å². The molecular formula is C22H14ClF6N5O2S. The van der Waals surface area contributed by atoms with Crippen molar-refractivity contribution in [3.05, 3.63) is 68.5 Å². The number of imidazole rings is 1. The number of amides is 1. The van der Waals surface area contributed by atoms with E-state index in [9.17, 15) is 35.9 Å². The molecule has 1 aromatic carbocycles. The number of pyridine rings is 1. The lowest BCUT2D eigenvalue weighted by Gasteiger charge is -2.10. The number of aromatic nitrogens is 4. The number of rotatable bonds is 6. The Kier molecular flexibility index (Phi) is 6.99. The van der Waals surface area contributed by atoms with E-state index in [-0.39, 0.29) is 39.5 Å². The Morgan fingerprint density at radius 3 is 2.49 bits per heavy atom. The number of hydrogen-bond acceptors (Lipinski definition) is 6. The number of hydrogen-bond donors (Lipinski definition) is 2. The first-order valence-corrected chi connectivity index (χ1v) is 11.5. The minimum Gasteiger partial charge on any atom is -0.334 e. The van der Waals surface area contributed by atoms with E-state index < -0.39 is 40.6 Å². The van der Waals surface area contributed by atoms with Crippen LogP contribution in [0.2, 0.25) is 5.02 Å². The third-order valence-electron chi connectivity index (χ3n) is 5.14. The van der Waals surface area contributed by atoms with Crippen LogP contribution in [0.4, 0.5) is 32.2 Å². The van der Waals surface area contributed by atoms with Gasteiger partial charge < -0.3 is 10.3 Å². The summed E-state index contributed by atoms with van der Waals surface area (Å²) in [6.07, 6.45) is -7.46. The van der Waals surface area contributed by atoms with E-state index in [2.05, 4.69) is 25.3 Å². The molecule has 0 aliphatic rings. The number of anilines is 1. The van der Waals surface area contributed by atoms with Gasteiger partial charge in [-0.15, -0.1) is 11.3 Å². The molecule has 3 heterocycles. The van der Waals surface area contributed by atoms with E-state index in [0.29, 0.717) is 11.1 Å². The number of alkyl halides is 6. The third-order valence-corrected chi connectivity index (χ3v) is 6.66. The van der Waals surface area contributed by atoms with Gasteiger partial charge in [-0.25, -0.2) is 15.0 Å². The van der Waals surface area contributed by atoms with Gasteiger partial charge in [0.1, 0.15) is 10.7 Å². The van der Waals surface area contributed by atoms with Crippen molar-refractivity contribution >= 4 is 51.5 Å². The van der Waals surface area contributed by atoms with Gasteiger partial charge in [0.25, 0.3) is 5.91 Å². The minimum atomic E-state index is -4.73. The molecule has 7 nitrogen and oxygen atoms in total. The number of halogens is 7. The molecule has 0 fully saturated rings. The van der Waals surface area contributed by atoms with Gasteiger partial charge in [-0.3, -0.25) is 9.59 Å². The predicted octanol–water partition coefficient (Wildman–Crippen LogP) is 6.73. The van der Waals surface area contributed by atoms with Crippen molar-refractivity contribution < 1.29 is 35.9 Å². The Labute approximate surface area is 212 Å². The molecule has 0 spiro atoms. The van der Waals surface area contributed by atoms with E-state index in [1.54, 1.807) is 6.92 Å². The summed E-state index contributed by atoms with van der Waals surface area (Å²) in [5.74, 6) is -3.12. The van der Waals surface area contributed by atoms with Crippen molar-refractivity contribution in [2.24, 2.45) is 0 Å². The van der Waals surface area contributed by atoms with Crippen LogP contribution in [0, 0.1) is 0 Å². The predicted molar refractivity (Wildman–Crippen MR) is 123 cm³/mol. The lowest BCUT2D eigenvalue weighted by atomic mass is 10.00. The normalized spacial score (nSPS) is 13.1. The number of H-pyrrole nitrogens is 1. The fourth-order valence-corrected chi connectivity index (χ4v) is 4.40. The van der Waals surface area contributed by atoms with Gasteiger partial charge >= 0.3 is 12.4 Å². The van der Waals surface area contributed by atoms with Crippen LogP contribution in [0.3, 0.4) is 0 Å². The summed E-state index contributed by atoms with van der Waals surface area (Å²) in [6.45, 7) is 1.67. The molecule has 2 N–H and O–H groups in total. The quantitative estimate of drug-likeness (QED) is 0.201. The number of carbonyl (C=O) groups is 2. The van der Waals surface area contributed by atoms with Gasteiger partial charge in [-0.2, -0.15) is 26.3 Å². The molecule has 37 heavy (non-hydrogen) atoms. The van der Waals surface area contributed by atoms with E-state index in [1.165, 1.54) is 24.4 Å². The van der Waals surface area contributed by atoms with E-state index in [0.717, 1.165) is 17.5 Å². The summed E-state index contributed by atoms with van der Waals surface area (Å²) in [6, 6.07) is 4.56. The summed E-state index contributed by atoms with van der Waals surface area (Å²) in [4.78, 5) is 38.7. The largest absolute Gasteiger partial charge is 0.449 e. The highest BCUT2D eigenvalue weighted by Crippen LogP contribution is 2.35. The maximum Gasteiger partial charge on any atom is 0.449 e. The highest BCUT2D eigenvalue weighted by atomic mass is 35.5. The van der Waals surface area contributed by atoms with Crippen LogP contribution in [-0.4, -0.2) is 31.6 Å². The summed E-state index contributed by atoms with van der Waals surface area (Å²) in [5.41, 5.74) is -0.867. The van der Waals surface area contributed by atoms with Crippen LogP contribution in [-0.2, 0) is 12.4 Å². The van der Waals surface area contributed by atoms with Gasteiger partial charge in [0.15, 0.2) is 5.78 Å². The molecule has 0 aliphatic carbocycles. The number of Topliss-reactive ketones (excluding diaryl/α,β-unsaturated/α-hetero) is 1. The Hall–Kier alpha value is -3.52. The molecule has 1 atom stereocenters. The van der Waals surface area contributed by atoms with Crippen LogP contribution in [0.25, 0.3) is 11.0 Å². The average Bonchev–Trinajstić information content (AvgIpc) is 3.46. The Morgan fingerprint density at radius 1 is 1.08 bits per heavy atom. The monoisotopic (exact) mass is 561 g/mol. The van der Waals surface area contributed by atoms with Gasteiger partial charge in [0.2, 0.25) is 5.82 Å². The lowest BCUT2D eigenvalue weighted by molar-refractivity contribution is -0.144. The lowest BCUT2D eigenvalue weighted by Crippen LogP contribution is -2.13. The van der Waals surface area contributed by atoms with Crippen molar-refractivity contribution in [2.75, 3.05) is 5.32 Å². The molecule has 15 heteroatoms. The number of nitrogens with zero attached hydrogens (tertiary/aromatic N) is 3. The highest BCUT2D eigenvalue weighted by molar-refractivity contribution is 7.13. The van der Waals surface area contributed by atoms with Gasteiger partial charge in [0, 0.05) is 24.1 Å². The summed E-state index contributed by atoms with van der Waals surface area (Å²) >= 11 is 6.46. The van der Waals surface area contributed by atoms with Gasteiger partial charge in [-0.1, -0.05) is 18.5 Å². The molecule has 3 aromatic heterocycles. The van der Waals surface area contributed by atoms with Crippen molar-refractivity contribution in [2.45, 2.75) is 31.6 Å². The molecule has 0 saturated heterocycles. The van der Waals surface area contributed by atoms with Crippen LogP contribution in [0.15, 0.2) is 36.7 Å². The zero-order valence-electron chi connectivity index (χ0n) is 18.5. The van der Waals surface area contributed by atoms with Crippen molar-refractivity contribution in [3.63, 3.8) is 0 Å². The Bertz CT molecular complexity index is 1500. The van der Waals surface area contributed by atoms with Crippen LogP contribution in [0.1, 0.15) is 55.7 Å². The first-order valence-electron chi connectivity index (χ1n) is 10.3. The van der Waals surface area contributed by atoms with Gasteiger partial charge in [0.05, 0.1) is 32.8 Å². The van der Waals surface area contributed by atoms with E-state index >= 15 is 0 Å². The number of nitrogens with one attached hydrogen (secondary N) is 2. The smallest absolute Gasteiger partial charge is 0.334 e. The molecular weight excluding hydrogens is 548 g/mol. The van der Waals surface area contributed by atoms with Crippen molar-refractivity contribution in [3.8, 4) is 0 Å². The maximum atomic E-state index is 13.0. The molecule has 0 bridgehead atoms. The highest BCUT2D eigenvalue weighted by Gasteiger charge is 2.35. The topological polar surface area (TPSA) is 101 Å². The Morgan fingerprint density at radius 2 is 1.81 bits per heavy atom. The maximum absolute atomic E-state index is 13.0. The van der Waals surface area contributed by atoms with E-state index in [4.69, 9.17) is 11.6 Å². The van der Waals surface area contributed by atoms with Crippen LogP contribution < -0.4 is 5.32 Å². The molecule has 4 aromatic rings. The zero-order valence-corrected chi connectivity index (χ0v) is 20.0. The van der Waals surface area contributed by atoms with Gasteiger partial charge in [-0.05, 0) is 24.3 Å². The number of ketones is 1. The number of aromatic amines is 1. The number of thiazole rings is 1. The summed E-state index contributed by atoms with van der Waals surface area (Å²) in [7, 11) is 0. The molecule has 0 radical (unpaired) electrons. The number of carbonyl (C=O) groups excluding carboxylic acids is 2. The summed E-state index contributed by atoms with van der Waals surface area (Å²) < 4.78 is 77.6. The molecule has 0 aliphatic heterocycles. The second-order valence-corrected chi connectivity index (χ2v) is 9.38. The second-order valence-electron chi connectivity index (χ2n) is 7.91. The minimum absolute atomic E-state index is 0.0588. The Balaban J connectivity index is 1.44. The zero-order chi connectivity index (χ0) is 27.1. The number of benzene rings is 1. The standard InChI is InChI=1S/C22H14ClF6N5O2S/c1-9(4-15(35)10-2-3-13-14(5-10)33-20(32-13)22(27,28)29)19-31-8-16(37-19)18(36)34-17-6-11(21(24,25)26)12(23)7-30-17/h2-3,5-9H,4H2,1H3,(H,32,33)(H,30,34,36)/t9-/m0/s1. The second kappa shape index (κ2) is 9.74. The average molecular weight is 562 g/mol. The number of fused-ring (bicyclic) bond motifs is 1. The first-order chi connectivity index (χ1) is 17.2. The van der Waals surface area contributed by atoms with E-state index in [1.807, 2.05) is 0 Å². The first kappa shape index (κ1) is 26.5. The van der Waals surface area contributed by atoms with Crippen molar-refractivity contribution in [1.29, 1.82) is 0 Å². The molecule has 1 amide bonds. The summed E-state index contributed by atoms with van der Waals surface area (Å²) in [5, 5.41) is 2.04. The SMILES string of the molecule is C[C@@H](CC(=O)c1ccc2nc(C(F)(F)F)[nH]c2c1)c1ncc(C(=O)Nc2cc(C(F)(F)F)c(Cl)cn2)s1. The van der Waals surface area contributed by atoms with Crippen molar-refractivity contribution in [1.82, 2.24) is 19.9 Å². The fraction of sp³-hybridized carbons (Fsp3) is 0.227. The molecule has 194 valence electrons. The van der Waals surface area contributed by atoms with Crippen LogP contribution in [0.5, 0.6) is 0 Å². The third kappa shape index (κ3) is 5.91. The molecule has 0 saturated carbocycles. The molecule has 0 unspecified atom stereocenters. The fourth-order valence-electron chi connectivity index (χ4n) is 3.32. The molecule has 4 rings (SSSR count).